The van der Waals surface area contributed by atoms with Gasteiger partial charge in [0.25, 0.3) is 0 Å². The Morgan fingerprint density at radius 2 is 0.446 bits per heavy atom. The average molecular weight is 1670 g/mol. The summed E-state index contributed by atoms with van der Waals surface area (Å²) in [6.45, 7) is -8.09. The molecule has 3 fully saturated rings. The summed E-state index contributed by atoms with van der Waals surface area (Å²) in [6, 6.07) is 0. The standard InChI is InChI=1S/C18H32O45S10.10K/c19-64(20,21)50-2-6-9(56-18-16(63-73(46,47)48)14(61-71(40,41)42)12(59-69(34,35)36)8(55-18)4-52-66(25,26)27)13(60-70(37,38)39)15(62-72(43,44)45)17(54-6)49-1-5-10(57-67(28,29)30)11(58-68(31,32)33)7(53-5)3-51-65(22,23)24;;;;;;;;;;/h5-18H,1-4H2,(H,19,20,21)(H,22,23,24)(H,25,26,27)(H,28,29,30)(H,31,32,33)(H,34,35,36)(H,37,38,39)(H,40,41,42)(H,43,44,45)(H,46,47,48);;;;;;;;;;/q;10*+1/p-10/t5-,6-,7-,8-,9-,10-,11-,12-,13+,14+,15-,16-,17-,18-;;;;;;;;;;/m1........../s1. The van der Waals surface area contributed by atoms with Crippen molar-refractivity contribution in [2.45, 2.75) is 85.8 Å². The summed E-state index contributed by atoms with van der Waals surface area (Å²) >= 11 is 0. The minimum atomic E-state index is -6.71. The molecule has 0 amide bonds. The molecule has 3 aliphatic rings. The SMILES string of the molecule is O=S(=O)([O-])OC[C@H]1O[C@@H](OC[C@H]2O[C@H](COS(=O)(=O)[O-])[C@@H](OS(=O)(=O)[O-])[C@@H]2OS(=O)(=O)[O-])[C@H](OS(=O)(=O)[O-])[C@@H](OS(=O)(=O)[O-])[C@@H]1O[C@H]1O[C@H](COS(=O)(=O)[O-])[C@@H](OS(=O)(=O)[O-])[C@H](OS(=O)(=O)[O-])[C@H]1OS(=O)(=O)[O-].[K+].[K+].[K+].[K+].[K+].[K+].[K+].[K+].[K+].[K+]. The monoisotopic (exact) mass is 1670 g/mol. The van der Waals surface area contributed by atoms with Crippen LogP contribution in [0.5, 0.6) is 0 Å². The van der Waals surface area contributed by atoms with Gasteiger partial charge in [-0.2, -0.15) is 0 Å². The van der Waals surface area contributed by atoms with Crippen LogP contribution >= 0.6 is 0 Å². The zero-order chi connectivity index (χ0) is 56.5. The van der Waals surface area contributed by atoms with Crippen LogP contribution in [0.3, 0.4) is 0 Å². The van der Waals surface area contributed by atoms with Crippen LogP contribution in [-0.4, -0.2) is 242 Å². The van der Waals surface area contributed by atoms with Crippen LogP contribution in [0.2, 0.25) is 0 Å². The molecule has 0 N–H and O–H groups in total. The summed E-state index contributed by atoms with van der Waals surface area (Å²) in [7, 11) is -63.8. The van der Waals surface area contributed by atoms with Crippen molar-refractivity contribution in [3.05, 3.63) is 0 Å². The number of ether oxygens (including phenoxy) is 5. The predicted molar refractivity (Wildman–Crippen MR) is 186 cm³/mol. The molecule has 0 unspecified atom stereocenters. The molecule has 83 heavy (non-hydrogen) atoms. The first kappa shape index (κ1) is 114. The molecule has 0 saturated carbocycles. The van der Waals surface area contributed by atoms with Gasteiger partial charge in [0.2, 0.25) is 104 Å². The molecular formula is C18H22K10O45S10. The Kier molecular flexibility index (Phi) is 66.1. The van der Waals surface area contributed by atoms with Crippen molar-refractivity contribution in [3.63, 3.8) is 0 Å². The molecule has 65 heteroatoms. The molecule has 0 aromatic heterocycles. The fourth-order valence-corrected chi connectivity index (χ4v) is 10.4. The summed E-state index contributed by atoms with van der Waals surface area (Å²) in [6.07, 6.45) is -46.0. The molecule has 434 valence electrons. The summed E-state index contributed by atoms with van der Waals surface area (Å²) < 4.78 is 414. The van der Waals surface area contributed by atoms with E-state index < -0.39 is 216 Å². The van der Waals surface area contributed by atoms with E-state index in [9.17, 15) is 130 Å². The molecule has 3 rings (SSSR count). The zero-order valence-corrected chi connectivity index (χ0v) is 82.8. The van der Waals surface area contributed by atoms with Gasteiger partial charge >= 0.3 is 514 Å². The summed E-state index contributed by atoms with van der Waals surface area (Å²) in [5.74, 6) is 0. The van der Waals surface area contributed by atoms with Gasteiger partial charge < -0.3 is 69.2 Å². The van der Waals surface area contributed by atoms with Crippen LogP contribution in [0.1, 0.15) is 0 Å². The van der Waals surface area contributed by atoms with E-state index >= 15 is 0 Å². The molecule has 0 aliphatic carbocycles. The second kappa shape index (κ2) is 48.2. The Labute approximate surface area is 898 Å². The largest absolute Gasteiger partial charge is 1.00 e. The maximum absolute atomic E-state index is 12.1. The van der Waals surface area contributed by atoms with Crippen molar-refractivity contribution in [2.75, 3.05) is 26.4 Å². The maximum atomic E-state index is 12.1. The Morgan fingerprint density at radius 1 is 0.241 bits per heavy atom. The second-order valence-corrected chi connectivity index (χ2v) is 23.3. The first-order chi connectivity index (χ1) is 32.4. The van der Waals surface area contributed by atoms with Gasteiger partial charge in [0.1, 0.15) is 61.0 Å². The van der Waals surface area contributed by atoms with Crippen LogP contribution in [-0.2, 0) is 170 Å². The minimum Gasteiger partial charge on any atom is -0.726 e. The Bertz CT molecular complexity index is 3140. The van der Waals surface area contributed by atoms with Crippen LogP contribution in [0.25, 0.3) is 0 Å². The molecule has 0 aromatic rings. The number of hydrogen-bond acceptors (Lipinski definition) is 45. The first-order valence-electron chi connectivity index (χ1n) is 16.9. The van der Waals surface area contributed by atoms with Crippen molar-refractivity contribution >= 4 is 104 Å². The van der Waals surface area contributed by atoms with Gasteiger partial charge in [-0.1, -0.05) is 0 Å². The molecule has 3 heterocycles. The molecule has 0 spiro atoms. The average Bonchev–Trinajstić information content (AvgIpc) is 3.41. The fraction of sp³-hybridized carbons (Fsp3) is 1.00. The van der Waals surface area contributed by atoms with Crippen molar-refractivity contribution in [1.29, 1.82) is 0 Å². The molecule has 0 aromatic carbocycles. The van der Waals surface area contributed by atoms with Crippen LogP contribution in [0, 0.1) is 0 Å². The predicted octanol–water partition coefficient (Wildman–Crippen LogP) is -42.0. The van der Waals surface area contributed by atoms with Gasteiger partial charge in [0.05, 0.1) is 26.4 Å². The van der Waals surface area contributed by atoms with E-state index in [1.54, 1.807) is 0 Å². The molecular weight excluding hydrogens is 1650 g/mol. The first-order valence-corrected chi connectivity index (χ1v) is 30.2. The topological polar surface area (TPSA) is 710 Å². The van der Waals surface area contributed by atoms with E-state index in [2.05, 4.69) is 41.8 Å². The molecule has 45 nitrogen and oxygen atoms in total. The summed E-state index contributed by atoms with van der Waals surface area (Å²) in [4.78, 5) is 0. The summed E-state index contributed by atoms with van der Waals surface area (Å²) in [5.41, 5.74) is 0. The molecule has 0 bridgehead atoms. The third kappa shape index (κ3) is 49.4. The molecule has 14 atom stereocenters. The number of hydrogen-bond donors (Lipinski definition) is 0. The van der Waals surface area contributed by atoms with E-state index in [1.165, 1.54) is 0 Å². The van der Waals surface area contributed by atoms with E-state index in [4.69, 9.17) is 23.7 Å². The van der Waals surface area contributed by atoms with Crippen LogP contribution in [0.4, 0.5) is 0 Å². The van der Waals surface area contributed by atoms with Gasteiger partial charge in [0, 0.05) is 0 Å². The normalized spacial score (nSPS) is 28.0. The smallest absolute Gasteiger partial charge is 0.726 e. The third-order valence-electron chi connectivity index (χ3n) is 8.04. The van der Waals surface area contributed by atoms with Crippen molar-refractivity contribution in [2.24, 2.45) is 0 Å². The second-order valence-electron chi connectivity index (χ2n) is 13.1. The van der Waals surface area contributed by atoms with Crippen LogP contribution < -0.4 is 514 Å². The van der Waals surface area contributed by atoms with Gasteiger partial charge in [-0.05, 0) is 0 Å². The Hall–Kier alpha value is 14.9. The van der Waals surface area contributed by atoms with E-state index in [0.29, 0.717) is 0 Å². The summed E-state index contributed by atoms with van der Waals surface area (Å²) in [5, 5.41) is 0. The number of rotatable bonds is 28. The minimum absolute atomic E-state index is 0. The van der Waals surface area contributed by atoms with E-state index in [-0.39, 0.29) is 514 Å². The van der Waals surface area contributed by atoms with Gasteiger partial charge in [-0.25, -0.2) is 84.2 Å². The van der Waals surface area contributed by atoms with Gasteiger partial charge in [-0.3, -0.25) is 41.8 Å². The van der Waals surface area contributed by atoms with Crippen molar-refractivity contribution in [1.82, 2.24) is 0 Å². The van der Waals surface area contributed by atoms with Gasteiger partial charge in [-0.15, -0.1) is 0 Å². The fourth-order valence-electron chi connectivity index (χ4n) is 6.03. The molecule has 0 radical (unpaired) electrons. The van der Waals surface area contributed by atoms with Crippen LogP contribution in [0.15, 0.2) is 0 Å². The van der Waals surface area contributed by atoms with Crippen molar-refractivity contribution in [3.8, 4) is 0 Å². The molecule has 3 saturated heterocycles. The Balaban J connectivity index is -0.000000937. The molecule has 3 aliphatic heterocycles. The zero-order valence-electron chi connectivity index (χ0n) is 43.4. The maximum Gasteiger partial charge on any atom is 1.00 e. The van der Waals surface area contributed by atoms with Crippen molar-refractivity contribution < 1.29 is 709 Å². The van der Waals surface area contributed by atoms with E-state index in [1.807, 2.05) is 0 Å². The third-order valence-corrected chi connectivity index (χ3v) is 12.5. The quantitative estimate of drug-likeness (QED) is 0.0399. The Morgan fingerprint density at radius 3 is 0.735 bits per heavy atom. The van der Waals surface area contributed by atoms with Gasteiger partial charge in [0.15, 0.2) is 24.8 Å². The van der Waals surface area contributed by atoms with E-state index in [0.717, 1.165) is 0 Å².